The molecule has 0 amide bonds. The Bertz CT molecular complexity index is 1140. The maximum Gasteiger partial charge on any atom is 0.273 e. The highest BCUT2D eigenvalue weighted by molar-refractivity contribution is 6.31. The van der Waals surface area contributed by atoms with Crippen molar-refractivity contribution < 1.29 is 14.6 Å². The van der Waals surface area contributed by atoms with Crippen LogP contribution in [0.3, 0.4) is 0 Å². The van der Waals surface area contributed by atoms with Gasteiger partial charge in [0.05, 0.1) is 12.2 Å². The van der Waals surface area contributed by atoms with Gasteiger partial charge in [0.15, 0.2) is 5.78 Å². The van der Waals surface area contributed by atoms with E-state index in [1.807, 2.05) is 13.0 Å². The second kappa shape index (κ2) is 7.99. The van der Waals surface area contributed by atoms with Gasteiger partial charge >= 0.3 is 0 Å². The number of ether oxygens (including phenoxy) is 1. The molecule has 6 nitrogen and oxygen atoms in total. The number of aromatic nitrogens is 1. The molecular formula is C21H15ClN2O4. The van der Waals surface area contributed by atoms with Crippen LogP contribution in [0.25, 0.3) is 5.69 Å². The van der Waals surface area contributed by atoms with Gasteiger partial charge in [-0.2, -0.15) is 5.26 Å². The van der Waals surface area contributed by atoms with Crippen LogP contribution in [0, 0.1) is 11.3 Å². The average Bonchev–Trinajstić information content (AvgIpc) is 2.70. The highest BCUT2D eigenvalue weighted by Crippen LogP contribution is 2.24. The van der Waals surface area contributed by atoms with E-state index in [2.05, 4.69) is 0 Å². The van der Waals surface area contributed by atoms with Gasteiger partial charge in [0.25, 0.3) is 5.56 Å². The van der Waals surface area contributed by atoms with E-state index in [0.717, 1.165) is 0 Å². The van der Waals surface area contributed by atoms with Gasteiger partial charge in [-0.25, -0.2) is 0 Å². The SMILES string of the molecule is CCOc1ccc(-n2cc(C(=O)c3cc(Cl)ccc3O)cc(C#N)c2=O)cc1. The van der Waals surface area contributed by atoms with E-state index in [4.69, 9.17) is 16.3 Å². The number of hydrogen-bond donors (Lipinski definition) is 1. The maximum atomic E-state index is 12.9. The number of carbonyl (C=O) groups is 1. The molecule has 0 saturated heterocycles. The molecule has 0 unspecified atom stereocenters. The molecular weight excluding hydrogens is 380 g/mol. The maximum absolute atomic E-state index is 12.9. The predicted molar refractivity (Wildman–Crippen MR) is 104 cm³/mol. The number of phenols is 1. The summed E-state index contributed by atoms with van der Waals surface area (Å²) in [7, 11) is 0. The van der Waals surface area contributed by atoms with Crippen LogP contribution < -0.4 is 10.3 Å². The fourth-order valence-corrected chi connectivity index (χ4v) is 2.87. The van der Waals surface area contributed by atoms with Gasteiger partial charge in [-0.3, -0.25) is 14.2 Å². The van der Waals surface area contributed by atoms with Crippen molar-refractivity contribution >= 4 is 17.4 Å². The summed E-state index contributed by atoms with van der Waals surface area (Å²) in [6, 6.07) is 13.8. The molecule has 2 aromatic carbocycles. The third kappa shape index (κ3) is 3.75. The number of phenolic OH excluding ortho intramolecular Hbond substituents is 1. The molecule has 1 heterocycles. The molecule has 0 fully saturated rings. The lowest BCUT2D eigenvalue weighted by molar-refractivity contribution is 0.103. The van der Waals surface area contributed by atoms with Gasteiger partial charge in [0, 0.05) is 22.5 Å². The van der Waals surface area contributed by atoms with Crippen molar-refractivity contribution in [2.24, 2.45) is 0 Å². The number of aromatic hydroxyl groups is 1. The molecule has 0 atom stereocenters. The van der Waals surface area contributed by atoms with Crippen LogP contribution in [0.4, 0.5) is 0 Å². The highest BCUT2D eigenvalue weighted by atomic mass is 35.5. The van der Waals surface area contributed by atoms with E-state index in [1.165, 1.54) is 35.0 Å². The molecule has 0 spiro atoms. The van der Waals surface area contributed by atoms with Crippen LogP contribution in [0.5, 0.6) is 11.5 Å². The molecule has 0 radical (unpaired) electrons. The van der Waals surface area contributed by atoms with Crippen LogP contribution in [-0.2, 0) is 0 Å². The van der Waals surface area contributed by atoms with E-state index in [0.29, 0.717) is 18.0 Å². The van der Waals surface area contributed by atoms with Crippen molar-refractivity contribution in [3.63, 3.8) is 0 Å². The van der Waals surface area contributed by atoms with Crippen LogP contribution in [0.1, 0.15) is 28.4 Å². The molecule has 140 valence electrons. The van der Waals surface area contributed by atoms with Crippen molar-refractivity contribution in [3.05, 3.63) is 86.8 Å². The summed E-state index contributed by atoms with van der Waals surface area (Å²) < 4.78 is 6.59. The molecule has 0 saturated carbocycles. The van der Waals surface area contributed by atoms with Gasteiger partial charge in [-0.15, -0.1) is 0 Å². The number of carbonyl (C=O) groups excluding carboxylic acids is 1. The fraction of sp³-hybridized carbons (Fsp3) is 0.0952. The van der Waals surface area contributed by atoms with Crippen molar-refractivity contribution in [1.82, 2.24) is 4.57 Å². The molecule has 1 aromatic heterocycles. The number of nitriles is 1. The third-order valence-electron chi connectivity index (χ3n) is 4.03. The van der Waals surface area contributed by atoms with Gasteiger partial charge in [0.2, 0.25) is 0 Å². The van der Waals surface area contributed by atoms with Crippen LogP contribution in [0.15, 0.2) is 59.5 Å². The largest absolute Gasteiger partial charge is 0.507 e. The lowest BCUT2D eigenvalue weighted by atomic mass is 10.0. The molecule has 0 aliphatic heterocycles. The van der Waals surface area contributed by atoms with Crippen LogP contribution >= 0.6 is 11.6 Å². The molecule has 3 rings (SSSR count). The second-order valence-corrected chi connectivity index (χ2v) is 6.28. The number of benzene rings is 2. The lowest BCUT2D eigenvalue weighted by Gasteiger charge is -2.11. The topological polar surface area (TPSA) is 92.3 Å². The van der Waals surface area contributed by atoms with Gasteiger partial charge in [-0.1, -0.05) is 11.6 Å². The normalized spacial score (nSPS) is 10.3. The molecule has 0 aliphatic carbocycles. The molecule has 28 heavy (non-hydrogen) atoms. The van der Waals surface area contributed by atoms with Crippen LogP contribution in [0.2, 0.25) is 5.02 Å². The summed E-state index contributed by atoms with van der Waals surface area (Å²) in [6.45, 7) is 2.36. The van der Waals surface area contributed by atoms with Crippen molar-refractivity contribution in [1.29, 1.82) is 5.26 Å². The number of pyridine rings is 1. The average molecular weight is 395 g/mol. The number of ketones is 1. The fourth-order valence-electron chi connectivity index (χ4n) is 2.69. The number of rotatable bonds is 5. The Morgan fingerprint density at radius 1 is 1.21 bits per heavy atom. The summed E-state index contributed by atoms with van der Waals surface area (Å²) in [5, 5.41) is 19.6. The molecule has 7 heteroatoms. The van der Waals surface area contributed by atoms with Gasteiger partial charge in [0.1, 0.15) is 23.1 Å². The Morgan fingerprint density at radius 2 is 1.93 bits per heavy atom. The predicted octanol–water partition coefficient (Wildman–Crippen LogP) is 3.70. The number of nitrogens with zero attached hydrogens (tertiary/aromatic N) is 2. The van der Waals surface area contributed by atoms with E-state index < -0.39 is 11.3 Å². The van der Waals surface area contributed by atoms with E-state index in [9.17, 15) is 20.0 Å². The molecule has 0 aliphatic rings. The van der Waals surface area contributed by atoms with E-state index in [-0.39, 0.29) is 27.5 Å². The zero-order valence-corrected chi connectivity index (χ0v) is 15.6. The second-order valence-electron chi connectivity index (χ2n) is 5.85. The van der Waals surface area contributed by atoms with E-state index >= 15 is 0 Å². The number of hydrogen-bond acceptors (Lipinski definition) is 5. The first-order valence-electron chi connectivity index (χ1n) is 8.38. The Balaban J connectivity index is 2.13. The highest BCUT2D eigenvalue weighted by Gasteiger charge is 2.18. The first kappa shape index (κ1) is 19.2. The Labute approximate surface area is 165 Å². The summed E-state index contributed by atoms with van der Waals surface area (Å²) >= 11 is 5.92. The summed E-state index contributed by atoms with van der Waals surface area (Å²) in [5.41, 5.74) is -0.231. The summed E-state index contributed by atoms with van der Waals surface area (Å²) in [5.74, 6) is -0.168. The van der Waals surface area contributed by atoms with Gasteiger partial charge < -0.3 is 9.84 Å². The third-order valence-corrected chi connectivity index (χ3v) is 4.26. The smallest absolute Gasteiger partial charge is 0.273 e. The molecule has 3 aromatic rings. The zero-order valence-electron chi connectivity index (χ0n) is 14.8. The quantitative estimate of drug-likeness (QED) is 0.666. The van der Waals surface area contributed by atoms with Crippen LogP contribution in [-0.4, -0.2) is 22.1 Å². The minimum Gasteiger partial charge on any atom is -0.507 e. The van der Waals surface area contributed by atoms with Gasteiger partial charge in [-0.05, 0) is 55.5 Å². The minimum atomic E-state index is -0.559. The minimum absolute atomic E-state index is 0.0201. The van der Waals surface area contributed by atoms with Crippen molar-refractivity contribution in [2.75, 3.05) is 6.61 Å². The standard InChI is InChI=1S/C21H15ClN2O4/c1-2-28-17-6-4-16(5-7-17)24-12-14(9-13(11-23)21(24)27)20(26)18-10-15(22)3-8-19(18)25/h3-10,12,25H,2H2,1H3. The molecule has 0 bridgehead atoms. The number of halogens is 1. The summed E-state index contributed by atoms with van der Waals surface area (Å²) in [4.78, 5) is 25.4. The van der Waals surface area contributed by atoms with Crippen molar-refractivity contribution in [2.45, 2.75) is 6.92 Å². The van der Waals surface area contributed by atoms with E-state index in [1.54, 1.807) is 24.3 Å². The zero-order chi connectivity index (χ0) is 20.3. The molecule has 1 N–H and O–H groups in total. The first-order valence-corrected chi connectivity index (χ1v) is 8.75. The van der Waals surface area contributed by atoms with Crippen molar-refractivity contribution in [3.8, 4) is 23.3 Å². The first-order chi connectivity index (χ1) is 13.4. The summed E-state index contributed by atoms with van der Waals surface area (Å²) in [6.07, 6.45) is 1.33. The Morgan fingerprint density at radius 3 is 2.57 bits per heavy atom. The lowest BCUT2D eigenvalue weighted by Crippen LogP contribution is -2.22. The Hall–Kier alpha value is -3.56. The Kier molecular flexibility index (Phi) is 5.48. The monoisotopic (exact) mass is 394 g/mol.